The summed E-state index contributed by atoms with van der Waals surface area (Å²) >= 11 is 0. The van der Waals surface area contributed by atoms with Crippen molar-refractivity contribution in [1.29, 1.82) is 0 Å². The van der Waals surface area contributed by atoms with Gasteiger partial charge in [-0.05, 0) is 18.8 Å². The topological polar surface area (TPSA) is 75.6 Å². The molecule has 104 valence electrons. The van der Waals surface area contributed by atoms with Crippen LogP contribution in [0.2, 0.25) is 0 Å². The lowest BCUT2D eigenvalue weighted by Gasteiger charge is -2.19. The molecule has 0 aromatic carbocycles. The lowest BCUT2D eigenvalue weighted by molar-refractivity contribution is -0.138. The third kappa shape index (κ3) is 4.29. The highest BCUT2D eigenvalue weighted by atomic mass is 16.5. The first-order chi connectivity index (χ1) is 8.58. The van der Waals surface area contributed by atoms with Crippen LogP contribution in [0.1, 0.15) is 39.5 Å². The summed E-state index contributed by atoms with van der Waals surface area (Å²) in [5, 5.41) is 11.6. The van der Waals surface area contributed by atoms with Crippen LogP contribution in [0.3, 0.4) is 0 Å². The summed E-state index contributed by atoms with van der Waals surface area (Å²) in [5.41, 5.74) is 0. The van der Waals surface area contributed by atoms with Crippen molar-refractivity contribution in [1.82, 2.24) is 5.32 Å². The minimum absolute atomic E-state index is 0.00295. The average molecular weight is 257 g/mol. The Balaban J connectivity index is 2.37. The molecule has 1 rings (SSSR count). The van der Waals surface area contributed by atoms with Gasteiger partial charge in [-0.1, -0.05) is 20.3 Å². The predicted octanol–water partition coefficient (Wildman–Crippen LogP) is 1.42. The SMILES string of the molecule is CCC(CNC(=O)C1CCOC1CC)CC(=O)O. The third-order valence-electron chi connectivity index (χ3n) is 3.55. The first-order valence-electron chi connectivity index (χ1n) is 6.69. The Kier molecular flexibility index (Phi) is 6.12. The van der Waals surface area contributed by atoms with Gasteiger partial charge in [-0.2, -0.15) is 0 Å². The molecule has 1 fully saturated rings. The summed E-state index contributed by atoms with van der Waals surface area (Å²) in [6.07, 6.45) is 2.48. The number of amides is 1. The summed E-state index contributed by atoms with van der Waals surface area (Å²) < 4.78 is 5.48. The molecule has 0 spiro atoms. The number of carbonyl (C=O) groups excluding carboxylic acids is 1. The van der Waals surface area contributed by atoms with E-state index in [2.05, 4.69) is 5.32 Å². The van der Waals surface area contributed by atoms with Gasteiger partial charge in [-0.25, -0.2) is 0 Å². The summed E-state index contributed by atoms with van der Waals surface area (Å²) in [6, 6.07) is 0. The van der Waals surface area contributed by atoms with E-state index < -0.39 is 5.97 Å². The lowest BCUT2D eigenvalue weighted by Crippen LogP contribution is -2.38. The summed E-state index contributed by atoms with van der Waals surface area (Å²) in [6.45, 7) is 5.03. The van der Waals surface area contributed by atoms with E-state index in [1.807, 2.05) is 13.8 Å². The van der Waals surface area contributed by atoms with Crippen molar-refractivity contribution in [2.75, 3.05) is 13.2 Å². The zero-order valence-corrected chi connectivity index (χ0v) is 11.1. The first kappa shape index (κ1) is 15.0. The maximum atomic E-state index is 12.0. The molecule has 0 aromatic rings. The quantitative estimate of drug-likeness (QED) is 0.723. The first-order valence-corrected chi connectivity index (χ1v) is 6.69. The molecule has 0 aromatic heterocycles. The van der Waals surface area contributed by atoms with Crippen molar-refractivity contribution in [2.45, 2.75) is 45.6 Å². The highest BCUT2D eigenvalue weighted by Gasteiger charge is 2.32. The molecule has 0 saturated carbocycles. The van der Waals surface area contributed by atoms with E-state index in [0.717, 1.165) is 19.3 Å². The van der Waals surface area contributed by atoms with Gasteiger partial charge in [0, 0.05) is 19.6 Å². The standard InChI is InChI=1S/C13H23NO4/c1-3-9(7-12(15)16)8-14-13(17)10-5-6-18-11(10)4-2/h9-11H,3-8H2,1-2H3,(H,14,17)(H,15,16). The third-order valence-corrected chi connectivity index (χ3v) is 3.55. The molecule has 2 N–H and O–H groups in total. The molecule has 5 nitrogen and oxygen atoms in total. The van der Waals surface area contributed by atoms with Gasteiger partial charge in [0.1, 0.15) is 0 Å². The van der Waals surface area contributed by atoms with E-state index in [1.165, 1.54) is 0 Å². The highest BCUT2D eigenvalue weighted by Crippen LogP contribution is 2.23. The summed E-state index contributed by atoms with van der Waals surface area (Å²) in [5.74, 6) is -0.874. The molecule has 0 bridgehead atoms. The molecular formula is C13H23NO4. The molecule has 5 heteroatoms. The van der Waals surface area contributed by atoms with Crippen LogP contribution < -0.4 is 5.32 Å². The van der Waals surface area contributed by atoms with Crippen LogP contribution >= 0.6 is 0 Å². The van der Waals surface area contributed by atoms with Crippen LogP contribution in [-0.4, -0.2) is 36.2 Å². The predicted molar refractivity (Wildman–Crippen MR) is 67.2 cm³/mol. The number of carbonyl (C=O) groups is 2. The number of rotatable bonds is 7. The molecule has 1 aliphatic heterocycles. The van der Waals surface area contributed by atoms with Gasteiger partial charge in [0.25, 0.3) is 0 Å². The van der Waals surface area contributed by atoms with Crippen LogP contribution in [0, 0.1) is 11.8 Å². The molecule has 1 saturated heterocycles. The van der Waals surface area contributed by atoms with E-state index in [-0.39, 0.29) is 30.3 Å². The van der Waals surface area contributed by atoms with Crippen LogP contribution in [0.4, 0.5) is 0 Å². The van der Waals surface area contributed by atoms with Gasteiger partial charge in [0.15, 0.2) is 0 Å². The molecule has 3 atom stereocenters. The van der Waals surface area contributed by atoms with Gasteiger partial charge < -0.3 is 15.2 Å². The van der Waals surface area contributed by atoms with Crippen LogP contribution in [0.15, 0.2) is 0 Å². The molecule has 1 aliphatic rings. The van der Waals surface area contributed by atoms with E-state index in [1.54, 1.807) is 0 Å². The maximum absolute atomic E-state index is 12.0. The normalized spacial score (nSPS) is 24.8. The number of hydrogen-bond acceptors (Lipinski definition) is 3. The maximum Gasteiger partial charge on any atom is 0.303 e. The fourth-order valence-corrected chi connectivity index (χ4v) is 2.33. The van der Waals surface area contributed by atoms with Crippen LogP contribution in [0.25, 0.3) is 0 Å². The smallest absolute Gasteiger partial charge is 0.303 e. The number of hydrogen-bond donors (Lipinski definition) is 2. The Hall–Kier alpha value is -1.10. The van der Waals surface area contributed by atoms with E-state index in [4.69, 9.17) is 9.84 Å². The Morgan fingerprint density at radius 2 is 2.17 bits per heavy atom. The summed E-state index contributed by atoms with van der Waals surface area (Å²) in [4.78, 5) is 22.6. The van der Waals surface area contributed by atoms with E-state index in [9.17, 15) is 9.59 Å². The van der Waals surface area contributed by atoms with Gasteiger partial charge in [0.05, 0.1) is 12.0 Å². The molecule has 1 amide bonds. The van der Waals surface area contributed by atoms with Gasteiger partial charge in [-0.15, -0.1) is 0 Å². The second kappa shape index (κ2) is 7.36. The Morgan fingerprint density at radius 3 is 2.72 bits per heavy atom. The fraction of sp³-hybridized carbons (Fsp3) is 0.846. The van der Waals surface area contributed by atoms with Gasteiger partial charge in [-0.3, -0.25) is 9.59 Å². The second-order valence-electron chi connectivity index (χ2n) is 4.83. The number of aliphatic carboxylic acids is 1. The number of carboxylic acids is 1. The van der Waals surface area contributed by atoms with Crippen LogP contribution in [-0.2, 0) is 14.3 Å². The van der Waals surface area contributed by atoms with Gasteiger partial charge >= 0.3 is 5.97 Å². The minimum atomic E-state index is -0.813. The van der Waals surface area contributed by atoms with Crippen molar-refractivity contribution in [3.05, 3.63) is 0 Å². The molecule has 18 heavy (non-hydrogen) atoms. The van der Waals surface area contributed by atoms with E-state index in [0.29, 0.717) is 13.2 Å². The Labute approximate surface area is 108 Å². The van der Waals surface area contributed by atoms with Crippen molar-refractivity contribution in [2.24, 2.45) is 11.8 Å². The zero-order chi connectivity index (χ0) is 13.5. The van der Waals surface area contributed by atoms with Crippen molar-refractivity contribution >= 4 is 11.9 Å². The molecular weight excluding hydrogens is 234 g/mol. The van der Waals surface area contributed by atoms with Crippen molar-refractivity contribution < 1.29 is 19.4 Å². The molecule has 0 radical (unpaired) electrons. The van der Waals surface area contributed by atoms with Crippen LogP contribution in [0.5, 0.6) is 0 Å². The van der Waals surface area contributed by atoms with Gasteiger partial charge in [0.2, 0.25) is 5.91 Å². The molecule has 0 aliphatic carbocycles. The molecule has 3 unspecified atom stereocenters. The zero-order valence-electron chi connectivity index (χ0n) is 11.1. The lowest BCUT2D eigenvalue weighted by atomic mass is 9.97. The second-order valence-corrected chi connectivity index (χ2v) is 4.83. The minimum Gasteiger partial charge on any atom is -0.481 e. The number of carboxylic acid groups (broad SMARTS) is 1. The highest BCUT2D eigenvalue weighted by molar-refractivity contribution is 5.79. The Bertz CT molecular complexity index is 293. The largest absolute Gasteiger partial charge is 0.481 e. The fourth-order valence-electron chi connectivity index (χ4n) is 2.33. The monoisotopic (exact) mass is 257 g/mol. The van der Waals surface area contributed by atoms with Crippen molar-refractivity contribution in [3.63, 3.8) is 0 Å². The van der Waals surface area contributed by atoms with E-state index >= 15 is 0 Å². The van der Waals surface area contributed by atoms with Crippen molar-refractivity contribution in [3.8, 4) is 0 Å². The number of nitrogens with one attached hydrogen (secondary N) is 1. The summed E-state index contributed by atoms with van der Waals surface area (Å²) in [7, 11) is 0. The Morgan fingerprint density at radius 1 is 1.44 bits per heavy atom. The average Bonchev–Trinajstić information content (AvgIpc) is 2.81. The number of ether oxygens (including phenoxy) is 1. The molecule has 1 heterocycles.